The van der Waals surface area contributed by atoms with Crippen LogP contribution in [0.25, 0.3) is 0 Å². The minimum absolute atomic E-state index is 0.882. The minimum Gasteiger partial charge on any atom is -0.381 e. The van der Waals surface area contributed by atoms with E-state index >= 15 is 0 Å². The van der Waals surface area contributed by atoms with E-state index in [1.807, 2.05) is 0 Å². The van der Waals surface area contributed by atoms with Crippen LogP contribution in [0.4, 0.5) is 0 Å². The summed E-state index contributed by atoms with van der Waals surface area (Å²) in [7, 11) is 0. The van der Waals surface area contributed by atoms with Gasteiger partial charge in [-0.2, -0.15) is 0 Å². The van der Waals surface area contributed by atoms with E-state index in [2.05, 4.69) is 6.92 Å². The molecule has 0 aliphatic heterocycles. The highest BCUT2D eigenvalue weighted by molar-refractivity contribution is 4.64. The van der Waals surface area contributed by atoms with Crippen molar-refractivity contribution in [3.05, 3.63) is 0 Å². The first-order chi connectivity index (χ1) is 8.93. The molecule has 0 atom stereocenters. The molecule has 0 radical (unpaired) electrons. The summed E-state index contributed by atoms with van der Waals surface area (Å²) < 4.78 is 5.82. The Hall–Kier alpha value is -0.0400. The maximum Gasteiger partial charge on any atom is 0.0494 e. The van der Waals surface area contributed by atoms with Crippen LogP contribution in [0.1, 0.15) is 90.4 Å². The van der Waals surface area contributed by atoms with Crippen LogP contribution in [-0.4, -0.2) is 13.2 Å². The molecule has 1 aliphatic carbocycles. The van der Waals surface area contributed by atoms with Gasteiger partial charge in [-0.05, 0) is 25.2 Å². The molecule has 0 amide bonds. The lowest BCUT2D eigenvalue weighted by atomic mass is 9.90. The second-order valence-corrected chi connectivity index (χ2v) is 6.05. The van der Waals surface area contributed by atoms with Gasteiger partial charge in [-0.3, -0.25) is 0 Å². The zero-order valence-electron chi connectivity index (χ0n) is 12.6. The molecular weight excluding hydrogens is 220 g/mol. The van der Waals surface area contributed by atoms with E-state index in [1.165, 1.54) is 83.5 Å². The van der Waals surface area contributed by atoms with Gasteiger partial charge in [-0.15, -0.1) is 0 Å². The molecule has 18 heavy (non-hydrogen) atoms. The van der Waals surface area contributed by atoms with Gasteiger partial charge >= 0.3 is 0 Å². The Balaban J connectivity index is 1.73. The normalized spacial score (nSPS) is 17.2. The van der Waals surface area contributed by atoms with Crippen LogP contribution in [0.2, 0.25) is 0 Å². The fraction of sp³-hybridized carbons (Fsp3) is 1.00. The molecular formula is C17H34O. The fourth-order valence-corrected chi connectivity index (χ4v) is 2.94. The van der Waals surface area contributed by atoms with Crippen molar-refractivity contribution < 1.29 is 4.74 Å². The van der Waals surface area contributed by atoms with Crippen LogP contribution in [0.3, 0.4) is 0 Å². The summed E-state index contributed by atoms with van der Waals surface area (Å²) in [6.07, 6.45) is 18.3. The second-order valence-electron chi connectivity index (χ2n) is 6.05. The first kappa shape index (κ1) is 16.0. The fourth-order valence-electron chi connectivity index (χ4n) is 2.94. The average molecular weight is 254 g/mol. The van der Waals surface area contributed by atoms with Crippen LogP contribution in [-0.2, 0) is 4.74 Å². The van der Waals surface area contributed by atoms with Crippen molar-refractivity contribution in [1.82, 2.24) is 0 Å². The second kappa shape index (κ2) is 12.0. The van der Waals surface area contributed by atoms with Gasteiger partial charge in [0.2, 0.25) is 0 Å². The van der Waals surface area contributed by atoms with E-state index < -0.39 is 0 Å². The lowest BCUT2D eigenvalue weighted by Crippen LogP contribution is -2.13. The quantitative estimate of drug-likeness (QED) is 0.428. The molecule has 0 aromatic heterocycles. The number of ether oxygens (including phenoxy) is 1. The Morgan fingerprint density at radius 1 is 0.778 bits per heavy atom. The molecule has 0 saturated heterocycles. The molecule has 0 spiro atoms. The molecule has 0 unspecified atom stereocenters. The number of rotatable bonds is 11. The Bertz CT molecular complexity index is 161. The van der Waals surface area contributed by atoms with Crippen LogP contribution in [0.15, 0.2) is 0 Å². The number of hydrogen-bond donors (Lipinski definition) is 0. The third kappa shape index (κ3) is 8.97. The molecule has 0 bridgehead atoms. The monoisotopic (exact) mass is 254 g/mol. The summed E-state index contributed by atoms with van der Waals surface area (Å²) in [6, 6.07) is 0. The topological polar surface area (TPSA) is 9.23 Å². The van der Waals surface area contributed by atoms with Gasteiger partial charge in [0.25, 0.3) is 0 Å². The average Bonchev–Trinajstić information content (AvgIpc) is 2.42. The molecule has 1 rings (SSSR count). The van der Waals surface area contributed by atoms with E-state index in [4.69, 9.17) is 4.74 Å². The number of unbranched alkanes of at least 4 members (excludes halogenated alkanes) is 7. The zero-order chi connectivity index (χ0) is 12.9. The minimum atomic E-state index is 0.882. The Labute approximate surface area is 115 Å². The van der Waals surface area contributed by atoms with E-state index in [0.29, 0.717) is 0 Å². The maximum atomic E-state index is 5.82. The van der Waals surface area contributed by atoms with Gasteiger partial charge in [0.05, 0.1) is 0 Å². The highest BCUT2D eigenvalue weighted by Crippen LogP contribution is 2.23. The Morgan fingerprint density at radius 2 is 1.39 bits per heavy atom. The molecule has 1 fully saturated rings. The van der Waals surface area contributed by atoms with Gasteiger partial charge in [0.15, 0.2) is 0 Å². The lowest BCUT2D eigenvalue weighted by molar-refractivity contribution is 0.0824. The molecule has 1 saturated carbocycles. The molecule has 0 N–H and O–H groups in total. The van der Waals surface area contributed by atoms with Crippen LogP contribution in [0.5, 0.6) is 0 Å². The Morgan fingerprint density at radius 3 is 2.06 bits per heavy atom. The van der Waals surface area contributed by atoms with Gasteiger partial charge in [0.1, 0.15) is 0 Å². The van der Waals surface area contributed by atoms with E-state index in [-0.39, 0.29) is 0 Å². The highest BCUT2D eigenvalue weighted by Gasteiger charge is 2.12. The van der Waals surface area contributed by atoms with Gasteiger partial charge in [-0.1, -0.05) is 71.1 Å². The van der Waals surface area contributed by atoms with E-state index in [1.54, 1.807) is 0 Å². The van der Waals surface area contributed by atoms with Crippen molar-refractivity contribution in [2.75, 3.05) is 13.2 Å². The molecule has 0 aromatic carbocycles. The van der Waals surface area contributed by atoms with Crippen LogP contribution < -0.4 is 0 Å². The first-order valence-electron chi connectivity index (χ1n) is 8.51. The highest BCUT2D eigenvalue weighted by atomic mass is 16.5. The van der Waals surface area contributed by atoms with Crippen molar-refractivity contribution in [3.8, 4) is 0 Å². The van der Waals surface area contributed by atoms with E-state index in [9.17, 15) is 0 Å². The standard InChI is InChI=1S/C17H34O/c1-2-3-4-5-6-7-8-12-15-18-16-17-13-10-9-11-14-17/h17H,2-16H2,1H3. The largest absolute Gasteiger partial charge is 0.381 e. The summed E-state index contributed by atoms with van der Waals surface area (Å²) in [4.78, 5) is 0. The van der Waals surface area contributed by atoms with Crippen molar-refractivity contribution in [3.63, 3.8) is 0 Å². The lowest BCUT2D eigenvalue weighted by Gasteiger charge is -2.21. The maximum absolute atomic E-state index is 5.82. The van der Waals surface area contributed by atoms with Gasteiger partial charge < -0.3 is 4.74 Å². The summed E-state index contributed by atoms with van der Waals surface area (Å²) in [5.74, 6) is 0.882. The molecule has 1 aliphatic rings. The van der Waals surface area contributed by atoms with Crippen molar-refractivity contribution in [2.45, 2.75) is 90.4 Å². The summed E-state index contributed by atoms with van der Waals surface area (Å²) in [5.41, 5.74) is 0. The third-order valence-electron chi connectivity index (χ3n) is 4.22. The van der Waals surface area contributed by atoms with Crippen molar-refractivity contribution >= 4 is 0 Å². The summed E-state index contributed by atoms with van der Waals surface area (Å²) in [5, 5.41) is 0. The van der Waals surface area contributed by atoms with Gasteiger partial charge in [-0.25, -0.2) is 0 Å². The smallest absolute Gasteiger partial charge is 0.0494 e. The SMILES string of the molecule is CCCCCCCCCCOCC1CCCCC1. The molecule has 1 heteroatoms. The van der Waals surface area contributed by atoms with Gasteiger partial charge in [0, 0.05) is 13.2 Å². The van der Waals surface area contributed by atoms with Crippen molar-refractivity contribution in [2.24, 2.45) is 5.92 Å². The first-order valence-corrected chi connectivity index (χ1v) is 8.51. The molecule has 0 aromatic rings. The van der Waals surface area contributed by atoms with E-state index in [0.717, 1.165) is 19.1 Å². The zero-order valence-corrected chi connectivity index (χ0v) is 12.6. The molecule has 0 heterocycles. The molecule has 1 nitrogen and oxygen atoms in total. The third-order valence-corrected chi connectivity index (χ3v) is 4.22. The molecule has 108 valence electrons. The van der Waals surface area contributed by atoms with Crippen LogP contribution in [0, 0.1) is 5.92 Å². The predicted octanol–water partition coefficient (Wildman–Crippen LogP) is 5.72. The summed E-state index contributed by atoms with van der Waals surface area (Å²) >= 11 is 0. The van der Waals surface area contributed by atoms with Crippen LogP contribution >= 0.6 is 0 Å². The summed E-state index contributed by atoms with van der Waals surface area (Å²) in [6.45, 7) is 4.33. The predicted molar refractivity (Wildman–Crippen MR) is 80.0 cm³/mol. The van der Waals surface area contributed by atoms with Crippen molar-refractivity contribution in [1.29, 1.82) is 0 Å². The number of hydrogen-bond acceptors (Lipinski definition) is 1. The Kier molecular flexibility index (Phi) is 10.7.